The third-order valence-corrected chi connectivity index (χ3v) is 3.53. The topological polar surface area (TPSA) is 99.9 Å². The maximum atomic E-state index is 11.1. The minimum atomic E-state index is -0.421. The summed E-state index contributed by atoms with van der Waals surface area (Å²) in [5.41, 5.74) is 0.451. The first kappa shape index (κ1) is 20.7. The van der Waals surface area contributed by atoms with Crippen LogP contribution in [0.5, 0.6) is 5.75 Å². The molecule has 0 saturated heterocycles. The lowest BCUT2D eigenvalue weighted by Crippen LogP contribution is -2.07. The van der Waals surface area contributed by atoms with Crippen LogP contribution in [0.1, 0.15) is 32.1 Å². The Labute approximate surface area is 147 Å². The van der Waals surface area contributed by atoms with Gasteiger partial charge in [0.1, 0.15) is 11.4 Å². The Bertz CT molecular complexity index is 550. The number of rotatable bonds is 13. The molecule has 0 aliphatic heterocycles. The summed E-state index contributed by atoms with van der Waals surface area (Å²) in [7, 11) is 2.99. The third kappa shape index (κ3) is 8.35. The molecule has 0 aromatic heterocycles. The number of nitro groups is 1. The number of carbonyl (C=O) groups is 1. The van der Waals surface area contributed by atoms with E-state index in [-0.39, 0.29) is 11.7 Å². The predicted molar refractivity (Wildman–Crippen MR) is 94.1 cm³/mol. The number of hydrogen-bond donors (Lipinski definition) is 1. The van der Waals surface area contributed by atoms with Crippen molar-refractivity contribution in [1.82, 2.24) is 0 Å². The molecule has 8 heteroatoms. The summed E-state index contributed by atoms with van der Waals surface area (Å²) in [6.07, 6.45) is 3.56. The zero-order chi connectivity index (χ0) is 18.5. The summed E-state index contributed by atoms with van der Waals surface area (Å²) >= 11 is 0. The molecule has 1 aromatic rings. The second-order valence-electron chi connectivity index (χ2n) is 5.44. The van der Waals surface area contributed by atoms with E-state index in [1.54, 1.807) is 19.2 Å². The molecule has 0 radical (unpaired) electrons. The largest absolute Gasteiger partial charge is 0.494 e. The molecule has 140 valence electrons. The van der Waals surface area contributed by atoms with Crippen LogP contribution in [-0.2, 0) is 14.3 Å². The van der Waals surface area contributed by atoms with E-state index in [2.05, 4.69) is 10.1 Å². The summed E-state index contributed by atoms with van der Waals surface area (Å²) in [4.78, 5) is 21.7. The minimum Gasteiger partial charge on any atom is -0.494 e. The Morgan fingerprint density at radius 3 is 2.64 bits per heavy atom. The van der Waals surface area contributed by atoms with Gasteiger partial charge in [0.05, 0.1) is 18.6 Å². The van der Waals surface area contributed by atoms with Crippen molar-refractivity contribution in [2.45, 2.75) is 32.1 Å². The van der Waals surface area contributed by atoms with Gasteiger partial charge in [-0.3, -0.25) is 14.9 Å². The van der Waals surface area contributed by atoms with Crippen LogP contribution >= 0.6 is 0 Å². The molecule has 8 nitrogen and oxygen atoms in total. The Balaban J connectivity index is 2.45. The first-order valence-electron chi connectivity index (χ1n) is 8.29. The van der Waals surface area contributed by atoms with Crippen molar-refractivity contribution >= 4 is 17.3 Å². The maximum absolute atomic E-state index is 11.1. The molecule has 0 saturated carbocycles. The van der Waals surface area contributed by atoms with E-state index in [0.717, 1.165) is 25.7 Å². The molecule has 1 N–H and O–H groups in total. The quantitative estimate of drug-likeness (QED) is 0.251. The molecule has 0 spiro atoms. The highest BCUT2D eigenvalue weighted by molar-refractivity contribution is 5.69. The lowest BCUT2D eigenvalue weighted by Gasteiger charge is -2.10. The smallest absolute Gasteiger partial charge is 0.305 e. The van der Waals surface area contributed by atoms with Gasteiger partial charge in [-0.1, -0.05) is 0 Å². The molecule has 0 amide bonds. The third-order valence-electron chi connectivity index (χ3n) is 3.53. The molecule has 1 rings (SSSR count). The van der Waals surface area contributed by atoms with Gasteiger partial charge in [-0.2, -0.15) is 0 Å². The predicted octanol–water partition coefficient (Wildman–Crippen LogP) is 3.16. The Morgan fingerprint density at radius 2 is 1.96 bits per heavy atom. The number of carbonyl (C=O) groups excluding carboxylic acids is 1. The average molecular weight is 354 g/mol. The van der Waals surface area contributed by atoms with Crippen LogP contribution in [0.25, 0.3) is 0 Å². The average Bonchev–Trinajstić information content (AvgIpc) is 2.61. The molecule has 0 aliphatic rings. The van der Waals surface area contributed by atoms with Crippen molar-refractivity contribution < 1.29 is 23.9 Å². The van der Waals surface area contributed by atoms with Crippen LogP contribution in [0.4, 0.5) is 11.4 Å². The van der Waals surface area contributed by atoms with E-state index in [1.165, 1.54) is 13.2 Å². The fraction of sp³-hybridized carbons (Fsp3) is 0.588. The van der Waals surface area contributed by atoms with Crippen molar-refractivity contribution in [2.24, 2.45) is 0 Å². The van der Waals surface area contributed by atoms with Gasteiger partial charge >= 0.3 is 5.97 Å². The van der Waals surface area contributed by atoms with Crippen LogP contribution < -0.4 is 10.1 Å². The van der Waals surface area contributed by atoms with E-state index in [1.807, 2.05) is 0 Å². The second kappa shape index (κ2) is 12.1. The molecule has 0 bridgehead atoms. The molecule has 1 aromatic carbocycles. The SMILES string of the molecule is COCCCNc1cc(OCCCCCC(=O)OC)ccc1[N+](=O)[O-]. The van der Waals surface area contributed by atoms with Gasteiger partial charge in [-0.05, 0) is 31.7 Å². The van der Waals surface area contributed by atoms with E-state index in [4.69, 9.17) is 9.47 Å². The Hall–Kier alpha value is -2.35. The molecule has 0 unspecified atom stereocenters. The molecule has 0 aliphatic carbocycles. The molecule has 25 heavy (non-hydrogen) atoms. The Morgan fingerprint density at radius 1 is 1.16 bits per heavy atom. The lowest BCUT2D eigenvalue weighted by molar-refractivity contribution is -0.384. The normalized spacial score (nSPS) is 10.3. The molecule has 0 fully saturated rings. The molecular weight excluding hydrogens is 328 g/mol. The van der Waals surface area contributed by atoms with Crippen molar-refractivity contribution in [2.75, 3.05) is 39.3 Å². The van der Waals surface area contributed by atoms with Gasteiger partial charge in [0, 0.05) is 38.8 Å². The first-order chi connectivity index (χ1) is 12.1. The molecular formula is C17H26N2O6. The number of benzene rings is 1. The summed E-state index contributed by atoms with van der Waals surface area (Å²) in [5, 5.41) is 14.1. The zero-order valence-corrected chi connectivity index (χ0v) is 14.8. The van der Waals surface area contributed by atoms with Gasteiger partial charge in [0.2, 0.25) is 0 Å². The zero-order valence-electron chi connectivity index (χ0n) is 14.8. The van der Waals surface area contributed by atoms with E-state index >= 15 is 0 Å². The number of nitrogens with zero attached hydrogens (tertiary/aromatic N) is 1. The number of hydrogen-bond acceptors (Lipinski definition) is 7. The monoisotopic (exact) mass is 354 g/mol. The van der Waals surface area contributed by atoms with Crippen molar-refractivity contribution in [3.05, 3.63) is 28.3 Å². The summed E-state index contributed by atoms with van der Waals surface area (Å²) in [5.74, 6) is 0.369. The fourth-order valence-electron chi connectivity index (χ4n) is 2.19. The van der Waals surface area contributed by atoms with Gasteiger partial charge in [-0.25, -0.2) is 0 Å². The number of nitro benzene ring substituents is 1. The highest BCUT2D eigenvalue weighted by Gasteiger charge is 2.14. The van der Waals surface area contributed by atoms with Gasteiger partial charge in [-0.15, -0.1) is 0 Å². The maximum Gasteiger partial charge on any atom is 0.305 e. The van der Waals surface area contributed by atoms with Crippen LogP contribution in [0.15, 0.2) is 18.2 Å². The van der Waals surface area contributed by atoms with Gasteiger partial charge in [0.15, 0.2) is 0 Å². The summed E-state index contributed by atoms with van der Waals surface area (Å²) in [6, 6.07) is 4.66. The van der Waals surface area contributed by atoms with Crippen molar-refractivity contribution in [3.63, 3.8) is 0 Å². The molecule has 0 heterocycles. The number of ether oxygens (including phenoxy) is 3. The Kier molecular flexibility index (Phi) is 10.00. The number of anilines is 1. The summed E-state index contributed by atoms with van der Waals surface area (Å²) < 4.78 is 15.2. The highest BCUT2D eigenvalue weighted by atomic mass is 16.6. The number of methoxy groups -OCH3 is 2. The van der Waals surface area contributed by atoms with Crippen molar-refractivity contribution in [1.29, 1.82) is 0 Å². The molecule has 0 atom stereocenters. The van der Waals surface area contributed by atoms with Crippen molar-refractivity contribution in [3.8, 4) is 5.75 Å². The van der Waals surface area contributed by atoms with E-state index in [9.17, 15) is 14.9 Å². The van der Waals surface area contributed by atoms with E-state index < -0.39 is 4.92 Å². The summed E-state index contributed by atoms with van der Waals surface area (Å²) in [6.45, 7) is 1.65. The lowest BCUT2D eigenvalue weighted by atomic mass is 10.2. The number of unbranched alkanes of at least 4 members (excludes halogenated alkanes) is 2. The number of esters is 1. The minimum absolute atomic E-state index is 0.0165. The van der Waals surface area contributed by atoms with Crippen LogP contribution in [-0.4, -0.2) is 44.9 Å². The van der Waals surface area contributed by atoms with E-state index in [0.29, 0.717) is 37.6 Å². The van der Waals surface area contributed by atoms with Crippen LogP contribution in [0.3, 0.4) is 0 Å². The van der Waals surface area contributed by atoms with Crippen LogP contribution in [0, 0.1) is 10.1 Å². The van der Waals surface area contributed by atoms with Gasteiger partial charge in [0.25, 0.3) is 5.69 Å². The first-order valence-corrected chi connectivity index (χ1v) is 8.29. The second-order valence-corrected chi connectivity index (χ2v) is 5.44. The van der Waals surface area contributed by atoms with Crippen LogP contribution in [0.2, 0.25) is 0 Å². The standard InChI is InChI=1S/C17H26N2O6/c1-23-11-6-10-18-15-13-14(8-9-16(15)19(21)22)25-12-5-3-4-7-17(20)24-2/h8-9,13,18H,3-7,10-12H2,1-2H3. The number of nitrogens with one attached hydrogen (secondary N) is 1. The van der Waals surface area contributed by atoms with Gasteiger partial charge < -0.3 is 19.5 Å². The highest BCUT2D eigenvalue weighted by Crippen LogP contribution is 2.29. The fourth-order valence-corrected chi connectivity index (χ4v) is 2.19.